The van der Waals surface area contributed by atoms with Crippen LogP contribution in [0.1, 0.15) is 29.8 Å². The fraction of sp³-hybridized carbons (Fsp3) is 0.200. The number of rotatable bonds is 4. The van der Waals surface area contributed by atoms with Crippen molar-refractivity contribution >= 4 is 22.6 Å². The molecule has 3 N–H and O–H groups in total. The Morgan fingerprint density at radius 3 is 2.55 bits per heavy atom. The van der Waals surface area contributed by atoms with Gasteiger partial charge in [0.15, 0.2) is 11.5 Å². The number of hydrogen-bond donors (Lipinski definition) is 2. The van der Waals surface area contributed by atoms with Crippen LogP contribution < -0.4 is 11.1 Å². The molecule has 6 nitrogen and oxygen atoms in total. The minimum Gasteiger partial charge on any atom is -0.382 e. The highest BCUT2D eigenvalue weighted by atomic mass is 19.3. The second kappa shape index (κ2) is 8.20. The molecule has 2 aromatic carbocycles. The number of nitrogens with zero attached hydrogens (tertiary/aromatic N) is 3. The van der Waals surface area contributed by atoms with Gasteiger partial charge in [0.2, 0.25) is 5.92 Å². The Balaban J connectivity index is 1.59. The summed E-state index contributed by atoms with van der Waals surface area (Å²) in [6.07, 6.45) is 1.29. The summed E-state index contributed by atoms with van der Waals surface area (Å²) in [5.74, 6) is -3.43. The highest BCUT2D eigenvalue weighted by Crippen LogP contribution is 2.35. The summed E-state index contributed by atoms with van der Waals surface area (Å²) < 4.78 is 27.1. The largest absolute Gasteiger partial charge is 0.382 e. The van der Waals surface area contributed by atoms with Crippen LogP contribution in [0.5, 0.6) is 0 Å². The van der Waals surface area contributed by atoms with Crippen LogP contribution in [-0.2, 0) is 0 Å². The van der Waals surface area contributed by atoms with Crippen LogP contribution in [0.3, 0.4) is 0 Å². The summed E-state index contributed by atoms with van der Waals surface area (Å²) in [5, 5.41) is 3.56. The highest BCUT2D eigenvalue weighted by molar-refractivity contribution is 5.98. The first-order valence-electron chi connectivity index (χ1n) is 10.7. The van der Waals surface area contributed by atoms with E-state index >= 15 is 0 Å². The van der Waals surface area contributed by atoms with Gasteiger partial charge in [-0.2, -0.15) is 0 Å². The van der Waals surface area contributed by atoms with Gasteiger partial charge in [0.05, 0.1) is 16.9 Å². The van der Waals surface area contributed by atoms with Gasteiger partial charge in [-0.15, -0.1) is 0 Å². The van der Waals surface area contributed by atoms with Crippen molar-refractivity contribution in [2.75, 3.05) is 5.73 Å². The maximum atomic E-state index is 13.6. The molecule has 8 heteroatoms. The molecule has 0 aliphatic heterocycles. The lowest BCUT2D eigenvalue weighted by Crippen LogP contribution is -2.35. The number of nitrogens with two attached hydrogens (primary N) is 1. The van der Waals surface area contributed by atoms with Crippen molar-refractivity contribution in [3.63, 3.8) is 0 Å². The molecule has 1 saturated carbocycles. The summed E-state index contributed by atoms with van der Waals surface area (Å²) in [5.41, 5.74) is 9.41. The zero-order valence-corrected chi connectivity index (χ0v) is 17.6. The number of carbonyl (C=O) groups excluding carboxylic acids is 1. The molecule has 0 radical (unpaired) electrons. The number of nitrogen functional groups attached to an aromatic ring is 1. The molecule has 2 heterocycles. The Morgan fingerprint density at radius 2 is 1.79 bits per heavy atom. The molecule has 1 aliphatic carbocycles. The topological polar surface area (TPSA) is 93.8 Å². The fourth-order valence-electron chi connectivity index (χ4n) is 4.16. The van der Waals surface area contributed by atoms with Crippen LogP contribution in [0.4, 0.5) is 14.6 Å². The minimum absolute atomic E-state index is 0.0534. The first kappa shape index (κ1) is 20.9. The number of amides is 1. The molecular formula is C25H21F2N5O. The van der Waals surface area contributed by atoms with Gasteiger partial charge in [0.25, 0.3) is 5.91 Å². The highest BCUT2D eigenvalue weighted by Gasteiger charge is 2.40. The average Bonchev–Trinajstić information content (AvgIpc) is 3.17. The summed E-state index contributed by atoms with van der Waals surface area (Å²) in [7, 11) is 0. The van der Waals surface area contributed by atoms with Gasteiger partial charge in [0.1, 0.15) is 0 Å². The number of halogens is 2. The van der Waals surface area contributed by atoms with Crippen LogP contribution in [0.25, 0.3) is 33.4 Å². The number of nitrogens with one attached hydrogen (secondary N) is 1. The predicted octanol–water partition coefficient (Wildman–Crippen LogP) is 4.86. The SMILES string of the molecule is Nc1nc(-c2ccccc2)c(-c2ccc3ncccc3c2)nc1C(=O)NC1CCC(F)(F)C1. The monoisotopic (exact) mass is 445 g/mol. The van der Waals surface area contributed by atoms with Gasteiger partial charge < -0.3 is 11.1 Å². The maximum Gasteiger partial charge on any atom is 0.273 e. The molecule has 0 bridgehead atoms. The van der Waals surface area contributed by atoms with E-state index < -0.39 is 24.3 Å². The second-order valence-corrected chi connectivity index (χ2v) is 8.20. The number of alkyl halides is 2. The lowest BCUT2D eigenvalue weighted by Gasteiger charge is -2.16. The van der Waals surface area contributed by atoms with E-state index in [1.807, 2.05) is 60.7 Å². The standard InChI is InChI=1S/C25H21F2N5O/c26-25(27)11-10-18(14-25)30-24(33)22-23(28)32-20(15-5-2-1-3-6-15)21(31-22)17-8-9-19-16(13-17)7-4-12-29-19/h1-9,12-13,18H,10-11,14H2,(H2,28,32)(H,30,33). The Labute approximate surface area is 188 Å². The van der Waals surface area contributed by atoms with E-state index in [0.29, 0.717) is 11.4 Å². The molecule has 1 unspecified atom stereocenters. The van der Waals surface area contributed by atoms with E-state index in [1.54, 1.807) is 6.20 Å². The molecule has 0 spiro atoms. The van der Waals surface area contributed by atoms with Crippen LogP contribution in [0.15, 0.2) is 66.9 Å². The Bertz CT molecular complexity index is 1340. The van der Waals surface area contributed by atoms with Crippen molar-refractivity contribution in [3.8, 4) is 22.5 Å². The molecule has 1 atom stereocenters. The molecule has 1 aliphatic rings. The van der Waals surface area contributed by atoms with Gasteiger partial charge >= 0.3 is 0 Å². The van der Waals surface area contributed by atoms with Crippen LogP contribution in [-0.4, -0.2) is 32.8 Å². The third kappa shape index (κ3) is 4.24. The van der Waals surface area contributed by atoms with Crippen LogP contribution >= 0.6 is 0 Å². The average molecular weight is 445 g/mol. The van der Waals surface area contributed by atoms with Crippen LogP contribution in [0.2, 0.25) is 0 Å². The van der Waals surface area contributed by atoms with E-state index in [0.717, 1.165) is 22.0 Å². The number of hydrogen-bond acceptors (Lipinski definition) is 5. The summed E-state index contributed by atoms with van der Waals surface area (Å²) in [6, 6.07) is 18.2. The van der Waals surface area contributed by atoms with E-state index in [9.17, 15) is 13.6 Å². The van der Waals surface area contributed by atoms with Crippen molar-refractivity contribution in [1.29, 1.82) is 0 Å². The van der Waals surface area contributed by atoms with Gasteiger partial charge in [-0.25, -0.2) is 18.7 Å². The molecule has 1 amide bonds. The minimum atomic E-state index is -2.77. The van der Waals surface area contributed by atoms with Crippen molar-refractivity contribution < 1.29 is 13.6 Å². The lowest BCUT2D eigenvalue weighted by atomic mass is 10.0. The number of anilines is 1. The second-order valence-electron chi connectivity index (χ2n) is 8.20. The van der Waals surface area contributed by atoms with Crippen molar-refractivity contribution in [1.82, 2.24) is 20.3 Å². The molecule has 0 saturated heterocycles. The Hall–Kier alpha value is -3.94. The zero-order chi connectivity index (χ0) is 23.0. The smallest absolute Gasteiger partial charge is 0.273 e. The predicted molar refractivity (Wildman–Crippen MR) is 123 cm³/mol. The fourth-order valence-corrected chi connectivity index (χ4v) is 4.16. The third-order valence-corrected chi connectivity index (χ3v) is 5.80. The van der Waals surface area contributed by atoms with Crippen LogP contribution in [0, 0.1) is 0 Å². The summed E-state index contributed by atoms with van der Waals surface area (Å²) in [6.45, 7) is 0. The quantitative estimate of drug-likeness (QED) is 0.468. The third-order valence-electron chi connectivity index (χ3n) is 5.80. The molecular weight excluding hydrogens is 424 g/mol. The van der Waals surface area contributed by atoms with Gasteiger partial charge in [0, 0.05) is 41.6 Å². The number of pyridine rings is 1. The molecule has 2 aromatic heterocycles. The van der Waals surface area contributed by atoms with E-state index in [1.165, 1.54) is 0 Å². The number of fused-ring (bicyclic) bond motifs is 1. The van der Waals surface area contributed by atoms with E-state index in [4.69, 9.17) is 5.73 Å². The van der Waals surface area contributed by atoms with E-state index in [2.05, 4.69) is 20.3 Å². The zero-order valence-electron chi connectivity index (χ0n) is 17.6. The maximum absolute atomic E-state index is 13.6. The van der Waals surface area contributed by atoms with Crippen molar-refractivity contribution in [2.24, 2.45) is 0 Å². The number of aromatic nitrogens is 3. The van der Waals surface area contributed by atoms with Gasteiger partial charge in [-0.05, 0) is 24.6 Å². The Kier molecular flexibility index (Phi) is 5.20. The lowest BCUT2D eigenvalue weighted by molar-refractivity contribution is 0.00710. The Morgan fingerprint density at radius 1 is 1.00 bits per heavy atom. The van der Waals surface area contributed by atoms with Crippen molar-refractivity contribution in [3.05, 3.63) is 72.6 Å². The van der Waals surface area contributed by atoms with Gasteiger partial charge in [-0.1, -0.05) is 42.5 Å². The number of benzene rings is 2. The first-order valence-corrected chi connectivity index (χ1v) is 10.7. The molecule has 33 heavy (non-hydrogen) atoms. The first-order chi connectivity index (χ1) is 15.9. The van der Waals surface area contributed by atoms with Crippen molar-refractivity contribution in [2.45, 2.75) is 31.2 Å². The molecule has 5 rings (SSSR count). The molecule has 166 valence electrons. The number of carbonyl (C=O) groups is 1. The normalized spacial score (nSPS) is 17.2. The van der Waals surface area contributed by atoms with E-state index in [-0.39, 0.29) is 24.4 Å². The summed E-state index contributed by atoms with van der Waals surface area (Å²) in [4.78, 5) is 26.4. The molecule has 4 aromatic rings. The summed E-state index contributed by atoms with van der Waals surface area (Å²) >= 11 is 0. The molecule has 1 fully saturated rings. The van der Waals surface area contributed by atoms with Gasteiger partial charge in [-0.3, -0.25) is 9.78 Å².